The molecule has 0 amide bonds. The Bertz CT molecular complexity index is 748. The number of thiazole rings is 1. The predicted molar refractivity (Wildman–Crippen MR) is 96.3 cm³/mol. The third-order valence-electron chi connectivity index (χ3n) is 3.27. The number of halogens is 1. The number of benzene rings is 1. The molecule has 6 nitrogen and oxygen atoms in total. The lowest BCUT2D eigenvalue weighted by atomic mass is 10.0. The molecule has 0 spiro atoms. The Kier molecular flexibility index (Phi) is 6.16. The number of nitrogens with one attached hydrogen (secondary N) is 1. The maximum atomic E-state index is 11.4. The van der Waals surface area contributed by atoms with Gasteiger partial charge in [0, 0.05) is 16.0 Å². The van der Waals surface area contributed by atoms with Crippen molar-refractivity contribution in [3.63, 3.8) is 0 Å². The Morgan fingerprint density at radius 1 is 1.54 bits per heavy atom. The molecule has 0 fully saturated rings. The van der Waals surface area contributed by atoms with E-state index in [2.05, 4.69) is 15.5 Å². The van der Waals surface area contributed by atoms with Gasteiger partial charge in [-0.2, -0.15) is 5.10 Å². The van der Waals surface area contributed by atoms with Gasteiger partial charge in [0.2, 0.25) is 5.13 Å². The van der Waals surface area contributed by atoms with Crippen molar-refractivity contribution in [2.24, 2.45) is 5.10 Å². The highest BCUT2D eigenvalue weighted by Crippen LogP contribution is 2.29. The smallest absolute Gasteiger partial charge is 0.311 e. The number of rotatable bonds is 6. The highest BCUT2D eigenvalue weighted by molar-refractivity contribution is 7.13. The molecule has 24 heavy (non-hydrogen) atoms. The molecule has 1 aromatic heterocycles. The average molecular weight is 368 g/mol. The van der Waals surface area contributed by atoms with Crippen molar-refractivity contribution in [2.45, 2.75) is 27.2 Å². The summed E-state index contributed by atoms with van der Waals surface area (Å²) in [6, 6.07) is 1.71. The third kappa shape index (κ3) is 4.46. The van der Waals surface area contributed by atoms with Crippen molar-refractivity contribution >= 4 is 40.3 Å². The second kappa shape index (κ2) is 8.12. The van der Waals surface area contributed by atoms with Gasteiger partial charge in [0.25, 0.3) is 0 Å². The number of phenols is 1. The third-order valence-corrected chi connectivity index (χ3v) is 4.46. The summed E-state index contributed by atoms with van der Waals surface area (Å²) in [5.41, 5.74) is 5.38. The van der Waals surface area contributed by atoms with Crippen LogP contribution >= 0.6 is 22.9 Å². The van der Waals surface area contributed by atoms with E-state index >= 15 is 0 Å². The van der Waals surface area contributed by atoms with Crippen LogP contribution in [0.1, 0.15) is 29.3 Å². The van der Waals surface area contributed by atoms with Gasteiger partial charge in [-0.15, -0.1) is 11.3 Å². The van der Waals surface area contributed by atoms with Gasteiger partial charge in [-0.3, -0.25) is 10.2 Å². The normalized spacial score (nSPS) is 11.0. The minimum atomic E-state index is -0.312. The highest BCUT2D eigenvalue weighted by Gasteiger charge is 2.10. The minimum absolute atomic E-state index is 0.128. The zero-order valence-electron chi connectivity index (χ0n) is 13.6. The predicted octanol–water partition coefficient (Wildman–Crippen LogP) is 3.67. The molecule has 0 aliphatic heterocycles. The summed E-state index contributed by atoms with van der Waals surface area (Å²) < 4.78 is 4.88. The lowest BCUT2D eigenvalue weighted by molar-refractivity contribution is -0.142. The summed E-state index contributed by atoms with van der Waals surface area (Å²) in [5.74, 6) is -0.169. The molecule has 0 unspecified atom stereocenters. The van der Waals surface area contributed by atoms with Crippen LogP contribution in [0.15, 0.2) is 16.5 Å². The van der Waals surface area contributed by atoms with Gasteiger partial charge in [-0.05, 0) is 38.0 Å². The molecule has 0 atom stereocenters. The molecule has 0 radical (unpaired) electrons. The van der Waals surface area contributed by atoms with Crippen LogP contribution in [-0.4, -0.2) is 28.9 Å². The molecule has 8 heteroatoms. The fourth-order valence-corrected chi connectivity index (χ4v) is 2.92. The second-order valence-corrected chi connectivity index (χ2v) is 6.32. The van der Waals surface area contributed by atoms with Crippen LogP contribution in [-0.2, 0) is 16.0 Å². The molecule has 0 aliphatic carbocycles. The molecule has 1 aromatic carbocycles. The molecular formula is C16H18ClN3O3S. The Labute approximate surface area is 149 Å². The van der Waals surface area contributed by atoms with E-state index in [-0.39, 0.29) is 18.1 Å². The SMILES string of the molecule is CCOC(=O)Cc1csc(NN=Cc2c(C)c(Cl)cc(C)c2O)n1. The van der Waals surface area contributed by atoms with Crippen molar-refractivity contribution in [1.29, 1.82) is 0 Å². The van der Waals surface area contributed by atoms with Gasteiger partial charge >= 0.3 is 5.97 Å². The number of ether oxygens (including phenoxy) is 1. The van der Waals surface area contributed by atoms with E-state index < -0.39 is 0 Å². The molecule has 0 bridgehead atoms. The first-order valence-electron chi connectivity index (χ1n) is 7.30. The van der Waals surface area contributed by atoms with Gasteiger partial charge in [-0.25, -0.2) is 4.98 Å². The fraction of sp³-hybridized carbons (Fsp3) is 0.312. The molecule has 0 saturated heterocycles. The second-order valence-electron chi connectivity index (χ2n) is 5.06. The molecular weight excluding hydrogens is 350 g/mol. The van der Waals surface area contributed by atoms with Crippen LogP contribution in [0.2, 0.25) is 5.02 Å². The van der Waals surface area contributed by atoms with E-state index in [0.717, 1.165) is 5.56 Å². The minimum Gasteiger partial charge on any atom is -0.507 e. The molecule has 128 valence electrons. The number of carbonyl (C=O) groups excluding carboxylic acids is 1. The summed E-state index contributed by atoms with van der Waals surface area (Å²) in [5, 5.41) is 17.1. The number of nitrogens with zero attached hydrogens (tertiary/aromatic N) is 2. The van der Waals surface area contributed by atoms with Gasteiger partial charge in [0.05, 0.1) is 24.9 Å². The first-order valence-corrected chi connectivity index (χ1v) is 8.55. The number of aromatic nitrogens is 1. The van der Waals surface area contributed by atoms with Crippen LogP contribution in [0.4, 0.5) is 5.13 Å². The van der Waals surface area contributed by atoms with Crippen molar-refractivity contribution in [3.05, 3.63) is 38.9 Å². The Morgan fingerprint density at radius 3 is 3.00 bits per heavy atom. The largest absolute Gasteiger partial charge is 0.507 e. The molecule has 2 aromatic rings. The van der Waals surface area contributed by atoms with Gasteiger partial charge < -0.3 is 9.84 Å². The molecule has 1 heterocycles. The Morgan fingerprint density at radius 2 is 2.29 bits per heavy atom. The summed E-state index contributed by atoms with van der Waals surface area (Å²) in [6.07, 6.45) is 1.62. The van der Waals surface area contributed by atoms with E-state index in [1.165, 1.54) is 17.6 Å². The molecule has 2 rings (SSSR count). The Hall–Kier alpha value is -2.12. The fourth-order valence-electron chi connectivity index (χ4n) is 1.99. The van der Waals surface area contributed by atoms with Crippen LogP contribution in [0.25, 0.3) is 0 Å². The first-order chi connectivity index (χ1) is 11.4. The van der Waals surface area contributed by atoms with Crippen molar-refractivity contribution in [3.8, 4) is 5.75 Å². The number of carbonyl (C=O) groups is 1. The summed E-state index contributed by atoms with van der Waals surface area (Å²) >= 11 is 7.44. The number of aromatic hydroxyl groups is 1. The maximum absolute atomic E-state index is 11.4. The summed E-state index contributed by atoms with van der Waals surface area (Å²) in [7, 11) is 0. The number of phenolic OH excluding ortho intramolecular Hbond substituents is 1. The number of hydrazone groups is 1. The average Bonchev–Trinajstić information content (AvgIpc) is 2.96. The van der Waals surface area contributed by atoms with Crippen molar-refractivity contribution < 1.29 is 14.6 Å². The standard InChI is InChI=1S/C16H18ClN3O3S/c1-4-23-14(21)6-11-8-24-16(19-11)20-18-7-12-10(3)13(17)5-9(2)15(12)22/h5,7-8,22H,4,6H2,1-3H3,(H,19,20). The Balaban J connectivity index is 2.05. The lowest BCUT2D eigenvalue weighted by Gasteiger charge is -2.08. The first kappa shape index (κ1) is 18.2. The zero-order chi connectivity index (χ0) is 17.7. The van der Waals surface area contributed by atoms with Crippen LogP contribution in [0.3, 0.4) is 0 Å². The lowest BCUT2D eigenvalue weighted by Crippen LogP contribution is -2.07. The quantitative estimate of drug-likeness (QED) is 0.462. The maximum Gasteiger partial charge on any atom is 0.311 e. The van der Waals surface area contributed by atoms with Gasteiger partial charge in [0.1, 0.15) is 5.75 Å². The highest BCUT2D eigenvalue weighted by atomic mass is 35.5. The van der Waals surface area contributed by atoms with Crippen molar-refractivity contribution in [1.82, 2.24) is 4.98 Å². The van der Waals surface area contributed by atoms with Crippen LogP contribution in [0, 0.1) is 13.8 Å². The van der Waals surface area contributed by atoms with E-state index in [0.29, 0.717) is 33.6 Å². The summed E-state index contributed by atoms with van der Waals surface area (Å²) in [4.78, 5) is 15.7. The topological polar surface area (TPSA) is 83.8 Å². The van der Waals surface area contributed by atoms with E-state index in [1.54, 1.807) is 25.3 Å². The zero-order valence-corrected chi connectivity index (χ0v) is 15.2. The number of hydrogen-bond acceptors (Lipinski definition) is 7. The van der Waals surface area contributed by atoms with Crippen LogP contribution in [0.5, 0.6) is 5.75 Å². The number of anilines is 1. The molecule has 2 N–H and O–H groups in total. The van der Waals surface area contributed by atoms with Crippen molar-refractivity contribution in [2.75, 3.05) is 12.0 Å². The van der Waals surface area contributed by atoms with Gasteiger partial charge in [0.15, 0.2) is 0 Å². The van der Waals surface area contributed by atoms with E-state index in [9.17, 15) is 9.90 Å². The monoisotopic (exact) mass is 367 g/mol. The van der Waals surface area contributed by atoms with E-state index in [1.807, 2.05) is 6.92 Å². The molecule has 0 saturated carbocycles. The molecule has 0 aliphatic rings. The van der Waals surface area contributed by atoms with Gasteiger partial charge in [-0.1, -0.05) is 11.6 Å². The van der Waals surface area contributed by atoms with Crippen LogP contribution < -0.4 is 5.43 Å². The summed E-state index contributed by atoms with van der Waals surface area (Å²) in [6.45, 7) is 5.69. The van der Waals surface area contributed by atoms with E-state index in [4.69, 9.17) is 16.3 Å². The number of esters is 1. The number of aryl methyl sites for hydroxylation is 1. The number of hydrogen-bond donors (Lipinski definition) is 2.